The quantitative estimate of drug-likeness (QED) is 0.777. The highest BCUT2D eigenvalue weighted by atomic mass is 16.8. The van der Waals surface area contributed by atoms with E-state index in [1.54, 1.807) is 0 Å². The summed E-state index contributed by atoms with van der Waals surface area (Å²) in [4.78, 5) is 12.0. The van der Waals surface area contributed by atoms with Crippen molar-refractivity contribution in [2.45, 2.75) is 64.4 Å². The Labute approximate surface area is 132 Å². The van der Waals surface area contributed by atoms with E-state index in [2.05, 4.69) is 0 Å². The number of hydrogen-bond donors (Lipinski definition) is 0. The van der Waals surface area contributed by atoms with Gasteiger partial charge in [-0.15, -0.1) is 0 Å². The standard InChI is InChI=1S/C16H20O4.C2H6/c1-11-7-3-4-8-12(11)13-14(15(17)18-2)20-16(19-13)9-5-6-10-16;1-2/h3-4,7-8,13-14H,5-6,9-10H2,1-2H3;1-2H3/t13-,14+;/m0./s1. The van der Waals surface area contributed by atoms with E-state index in [9.17, 15) is 4.79 Å². The van der Waals surface area contributed by atoms with Crippen LogP contribution in [0.5, 0.6) is 0 Å². The summed E-state index contributed by atoms with van der Waals surface area (Å²) in [5.74, 6) is -0.951. The minimum Gasteiger partial charge on any atom is -0.467 e. The van der Waals surface area contributed by atoms with Crippen LogP contribution in [0.4, 0.5) is 0 Å². The highest BCUT2D eigenvalue weighted by Crippen LogP contribution is 2.47. The highest BCUT2D eigenvalue weighted by molar-refractivity contribution is 5.76. The second-order valence-electron chi connectivity index (χ2n) is 5.57. The van der Waals surface area contributed by atoms with Gasteiger partial charge >= 0.3 is 5.97 Å². The van der Waals surface area contributed by atoms with Crippen LogP contribution in [0.15, 0.2) is 24.3 Å². The Kier molecular flexibility index (Phi) is 5.59. The van der Waals surface area contributed by atoms with Crippen molar-refractivity contribution in [2.75, 3.05) is 7.11 Å². The summed E-state index contributed by atoms with van der Waals surface area (Å²) >= 11 is 0. The molecule has 2 atom stereocenters. The van der Waals surface area contributed by atoms with Gasteiger partial charge in [-0.25, -0.2) is 4.79 Å². The number of carbonyl (C=O) groups excluding carboxylic acids is 1. The van der Waals surface area contributed by atoms with Crippen LogP contribution in [0, 0.1) is 6.92 Å². The number of methoxy groups -OCH3 is 1. The first-order chi connectivity index (χ1) is 10.7. The SMILES string of the molecule is CC.COC(=O)[C@@H]1OC2(CCCC2)O[C@H]1c1ccccc1C. The van der Waals surface area contributed by atoms with Crippen molar-refractivity contribution < 1.29 is 19.0 Å². The molecule has 0 aromatic heterocycles. The largest absolute Gasteiger partial charge is 0.467 e. The minimum atomic E-state index is -0.667. The Morgan fingerprint density at radius 3 is 2.41 bits per heavy atom. The maximum Gasteiger partial charge on any atom is 0.338 e. The van der Waals surface area contributed by atoms with Crippen LogP contribution in [-0.4, -0.2) is 25.0 Å². The number of esters is 1. The van der Waals surface area contributed by atoms with Crippen molar-refractivity contribution in [1.29, 1.82) is 0 Å². The van der Waals surface area contributed by atoms with E-state index < -0.39 is 11.9 Å². The molecule has 2 fully saturated rings. The van der Waals surface area contributed by atoms with Gasteiger partial charge in [0.1, 0.15) is 6.10 Å². The summed E-state index contributed by atoms with van der Waals surface area (Å²) in [6.07, 6.45) is 2.81. The van der Waals surface area contributed by atoms with E-state index in [1.165, 1.54) is 7.11 Å². The van der Waals surface area contributed by atoms with Crippen LogP contribution in [0.1, 0.15) is 56.8 Å². The molecule has 0 radical (unpaired) electrons. The first-order valence-corrected chi connectivity index (χ1v) is 8.14. The third-order valence-electron chi connectivity index (χ3n) is 4.25. The third-order valence-corrected chi connectivity index (χ3v) is 4.25. The van der Waals surface area contributed by atoms with Gasteiger partial charge in [0.05, 0.1) is 7.11 Å². The number of ether oxygens (including phenoxy) is 3. The van der Waals surface area contributed by atoms with Crippen LogP contribution in [0.2, 0.25) is 0 Å². The molecule has 0 bridgehead atoms. The zero-order valence-electron chi connectivity index (χ0n) is 13.9. The molecule has 3 rings (SSSR count). The van der Waals surface area contributed by atoms with Crippen molar-refractivity contribution in [3.8, 4) is 0 Å². The molecule has 4 nitrogen and oxygen atoms in total. The molecule has 1 saturated carbocycles. The van der Waals surface area contributed by atoms with Crippen molar-refractivity contribution >= 4 is 5.97 Å². The topological polar surface area (TPSA) is 44.8 Å². The van der Waals surface area contributed by atoms with Crippen LogP contribution >= 0.6 is 0 Å². The van der Waals surface area contributed by atoms with Gasteiger partial charge in [0.25, 0.3) is 0 Å². The maximum absolute atomic E-state index is 12.0. The fourth-order valence-corrected chi connectivity index (χ4v) is 3.18. The zero-order valence-corrected chi connectivity index (χ0v) is 13.9. The average Bonchev–Trinajstić information content (AvgIpc) is 3.17. The van der Waals surface area contributed by atoms with E-state index in [-0.39, 0.29) is 12.1 Å². The Morgan fingerprint density at radius 2 is 1.82 bits per heavy atom. The van der Waals surface area contributed by atoms with Gasteiger partial charge in [0, 0.05) is 12.8 Å². The van der Waals surface area contributed by atoms with Crippen molar-refractivity contribution in [1.82, 2.24) is 0 Å². The van der Waals surface area contributed by atoms with E-state index in [0.717, 1.165) is 36.8 Å². The molecule has 0 N–H and O–H groups in total. The van der Waals surface area contributed by atoms with Gasteiger partial charge < -0.3 is 14.2 Å². The number of hydrogen-bond acceptors (Lipinski definition) is 4. The molecule has 1 saturated heterocycles. The number of aryl methyl sites for hydroxylation is 1. The summed E-state index contributed by atoms with van der Waals surface area (Å²) in [5.41, 5.74) is 2.11. The monoisotopic (exact) mass is 306 g/mol. The van der Waals surface area contributed by atoms with Gasteiger partial charge in [-0.05, 0) is 30.9 Å². The third kappa shape index (κ3) is 3.18. The Bertz CT molecular complexity index is 506. The number of benzene rings is 1. The predicted molar refractivity (Wildman–Crippen MR) is 84.4 cm³/mol. The average molecular weight is 306 g/mol. The zero-order chi connectivity index (χ0) is 16.2. The van der Waals surface area contributed by atoms with Crippen LogP contribution < -0.4 is 0 Å². The maximum atomic E-state index is 12.0. The van der Waals surface area contributed by atoms with Crippen molar-refractivity contribution in [3.05, 3.63) is 35.4 Å². The van der Waals surface area contributed by atoms with Gasteiger partial charge in [-0.3, -0.25) is 0 Å². The summed E-state index contributed by atoms with van der Waals surface area (Å²) in [5, 5.41) is 0. The second-order valence-corrected chi connectivity index (χ2v) is 5.57. The molecule has 0 unspecified atom stereocenters. The summed E-state index contributed by atoms with van der Waals surface area (Å²) in [6, 6.07) is 7.95. The lowest BCUT2D eigenvalue weighted by molar-refractivity contribution is -0.180. The van der Waals surface area contributed by atoms with Crippen molar-refractivity contribution in [3.63, 3.8) is 0 Å². The lowest BCUT2D eigenvalue weighted by Gasteiger charge is -2.22. The molecule has 1 aromatic carbocycles. The van der Waals surface area contributed by atoms with Crippen LogP contribution in [0.25, 0.3) is 0 Å². The molecule has 1 spiro atoms. The van der Waals surface area contributed by atoms with Crippen LogP contribution in [-0.2, 0) is 19.0 Å². The fourth-order valence-electron chi connectivity index (χ4n) is 3.18. The Hall–Kier alpha value is -1.39. The first kappa shape index (κ1) is 17.0. The van der Waals surface area contributed by atoms with E-state index in [4.69, 9.17) is 14.2 Å². The first-order valence-electron chi connectivity index (χ1n) is 8.14. The number of carbonyl (C=O) groups is 1. The van der Waals surface area contributed by atoms with Gasteiger partial charge in [-0.1, -0.05) is 38.1 Å². The van der Waals surface area contributed by atoms with Gasteiger partial charge in [-0.2, -0.15) is 0 Å². The fraction of sp³-hybridized carbons (Fsp3) is 0.611. The summed E-state index contributed by atoms with van der Waals surface area (Å²) in [7, 11) is 1.39. The van der Waals surface area contributed by atoms with E-state index in [1.807, 2.05) is 45.0 Å². The molecule has 122 valence electrons. The lowest BCUT2D eigenvalue weighted by Crippen LogP contribution is -2.30. The van der Waals surface area contributed by atoms with Gasteiger partial charge in [0.2, 0.25) is 0 Å². The molecular weight excluding hydrogens is 280 g/mol. The van der Waals surface area contributed by atoms with Gasteiger partial charge in [0.15, 0.2) is 11.9 Å². The summed E-state index contributed by atoms with van der Waals surface area (Å²) < 4.78 is 17.1. The molecule has 1 aliphatic carbocycles. The molecule has 0 amide bonds. The molecule has 1 aromatic rings. The Balaban J connectivity index is 0.000000847. The predicted octanol–water partition coefficient (Wildman–Crippen LogP) is 3.92. The molecular formula is C18H26O4. The van der Waals surface area contributed by atoms with E-state index in [0.29, 0.717) is 0 Å². The minimum absolute atomic E-state index is 0.359. The highest BCUT2D eigenvalue weighted by Gasteiger charge is 2.52. The van der Waals surface area contributed by atoms with E-state index >= 15 is 0 Å². The molecule has 2 aliphatic rings. The number of rotatable bonds is 2. The van der Waals surface area contributed by atoms with Crippen LogP contribution in [0.3, 0.4) is 0 Å². The summed E-state index contributed by atoms with van der Waals surface area (Å²) in [6.45, 7) is 6.02. The smallest absolute Gasteiger partial charge is 0.338 e. The second kappa shape index (κ2) is 7.25. The lowest BCUT2D eigenvalue weighted by atomic mass is 10.00. The molecule has 22 heavy (non-hydrogen) atoms. The Morgan fingerprint density at radius 1 is 1.18 bits per heavy atom. The van der Waals surface area contributed by atoms with Crippen molar-refractivity contribution in [2.24, 2.45) is 0 Å². The molecule has 1 heterocycles. The normalized spacial score (nSPS) is 25.6. The molecule has 4 heteroatoms. The molecule has 1 aliphatic heterocycles.